The Morgan fingerprint density at radius 1 is 1.09 bits per heavy atom. The molecule has 1 aliphatic rings. The van der Waals surface area contributed by atoms with Gasteiger partial charge >= 0.3 is 0 Å². The second-order valence-corrected chi connectivity index (χ2v) is 6.85. The molecule has 1 aromatic carbocycles. The van der Waals surface area contributed by atoms with Gasteiger partial charge < -0.3 is 0 Å². The zero-order valence-electron chi connectivity index (χ0n) is 14.6. The Labute approximate surface area is 139 Å². The lowest BCUT2D eigenvalue weighted by Crippen LogP contribution is -2.20. The highest BCUT2D eigenvalue weighted by Gasteiger charge is 2.28. The van der Waals surface area contributed by atoms with Crippen LogP contribution in [0.1, 0.15) is 74.1 Å². The summed E-state index contributed by atoms with van der Waals surface area (Å²) in [5.41, 5.74) is 3.63. The molecule has 1 aromatic rings. The van der Waals surface area contributed by atoms with E-state index in [9.17, 15) is 9.59 Å². The Hall–Kier alpha value is -1.96. The highest BCUT2D eigenvalue weighted by Crippen LogP contribution is 2.28. The fourth-order valence-electron chi connectivity index (χ4n) is 2.96. The number of hydrogen-bond acceptors (Lipinski definition) is 2. The smallest absolute Gasteiger partial charge is 0.190 e. The van der Waals surface area contributed by atoms with E-state index in [-0.39, 0.29) is 11.6 Å². The molecule has 0 N–H and O–H groups in total. The summed E-state index contributed by atoms with van der Waals surface area (Å²) < 4.78 is 0. The molecule has 0 heterocycles. The van der Waals surface area contributed by atoms with Gasteiger partial charge in [-0.3, -0.25) is 9.59 Å². The van der Waals surface area contributed by atoms with Crippen LogP contribution in [0, 0.1) is 5.92 Å². The zero-order chi connectivity index (χ0) is 17.0. The summed E-state index contributed by atoms with van der Waals surface area (Å²) in [4.78, 5) is 25.1. The third-order valence-corrected chi connectivity index (χ3v) is 4.49. The van der Waals surface area contributed by atoms with Crippen molar-refractivity contribution in [3.05, 3.63) is 58.2 Å². The van der Waals surface area contributed by atoms with E-state index in [0.29, 0.717) is 28.7 Å². The number of hydrogen-bond donors (Lipinski definition) is 0. The molecule has 122 valence electrons. The molecule has 0 fully saturated rings. The number of Topliss-reactive ketones (excluding diaryl/α,β-unsaturated/α-hetero) is 2. The minimum atomic E-state index is -0.0129. The van der Waals surface area contributed by atoms with Crippen molar-refractivity contribution in [3.8, 4) is 0 Å². The van der Waals surface area contributed by atoms with E-state index in [1.165, 1.54) is 18.4 Å². The summed E-state index contributed by atoms with van der Waals surface area (Å²) in [7, 11) is 0. The maximum Gasteiger partial charge on any atom is 0.190 e. The molecule has 0 spiro atoms. The Morgan fingerprint density at radius 2 is 1.70 bits per heavy atom. The average Bonchev–Trinajstić information content (AvgIpc) is 2.52. The highest BCUT2D eigenvalue weighted by molar-refractivity contribution is 6.26. The van der Waals surface area contributed by atoms with E-state index in [1.54, 1.807) is 25.1 Å². The second kappa shape index (κ2) is 7.54. The molecule has 0 aromatic heterocycles. The van der Waals surface area contributed by atoms with Gasteiger partial charge in [-0.05, 0) is 39.0 Å². The second-order valence-electron chi connectivity index (χ2n) is 6.85. The van der Waals surface area contributed by atoms with Crippen molar-refractivity contribution in [2.24, 2.45) is 5.92 Å². The average molecular weight is 310 g/mol. The van der Waals surface area contributed by atoms with E-state index in [1.807, 2.05) is 6.07 Å². The van der Waals surface area contributed by atoms with Crippen LogP contribution in [-0.2, 0) is 0 Å². The monoisotopic (exact) mass is 310 g/mol. The standard InChI is InChI=1S/C21H26O2/c1-14(2)8-7-9-15(3)12-13-17-16(4)20(22)18-10-5-6-11-19(18)21(17)23/h5-6,10-12,14H,7-9,13H2,1-4H3. The Bertz CT molecular complexity index is 675. The van der Waals surface area contributed by atoms with Gasteiger partial charge in [0, 0.05) is 22.3 Å². The van der Waals surface area contributed by atoms with Gasteiger partial charge in [0.05, 0.1) is 0 Å². The lowest BCUT2D eigenvalue weighted by Gasteiger charge is -2.18. The van der Waals surface area contributed by atoms with Crippen LogP contribution in [0.2, 0.25) is 0 Å². The number of ketones is 2. The quantitative estimate of drug-likeness (QED) is 0.646. The molecular weight excluding hydrogens is 284 g/mol. The minimum absolute atomic E-state index is 0.00364. The van der Waals surface area contributed by atoms with Gasteiger partial charge in [-0.2, -0.15) is 0 Å². The fraction of sp³-hybridized carbons (Fsp3) is 0.429. The molecule has 2 nitrogen and oxygen atoms in total. The third-order valence-electron chi connectivity index (χ3n) is 4.49. The topological polar surface area (TPSA) is 34.1 Å². The summed E-state index contributed by atoms with van der Waals surface area (Å²) in [6.45, 7) is 8.35. The SMILES string of the molecule is CC(=CCC1=C(C)C(=O)c2ccccc2C1=O)CCCC(C)C. The summed E-state index contributed by atoms with van der Waals surface area (Å²) in [6.07, 6.45) is 6.12. The lowest BCUT2D eigenvalue weighted by molar-refractivity contribution is 0.0973. The van der Waals surface area contributed by atoms with Crippen LogP contribution >= 0.6 is 0 Å². The third kappa shape index (κ3) is 4.07. The van der Waals surface area contributed by atoms with Crippen molar-refractivity contribution >= 4 is 11.6 Å². The first-order valence-electron chi connectivity index (χ1n) is 8.45. The van der Waals surface area contributed by atoms with Gasteiger partial charge in [0.15, 0.2) is 11.6 Å². The zero-order valence-corrected chi connectivity index (χ0v) is 14.6. The molecule has 0 saturated heterocycles. The number of rotatable bonds is 6. The molecule has 2 rings (SSSR count). The highest BCUT2D eigenvalue weighted by atomic mass is 16.1. The van der Waals surface area contributed by atoms with Crippen molar-refractivity contribution in [1.82, 2.24) is 0 Å². The van der Waals surface area contributed by atoms with Crippen LogP contribution in [0.3, 0.4) is 0 Å². The molecule has 1 aliphatic carbocycles. The summed E-state index contributed by atoms with van der Waals surface area (Å²) in [5.74, 6) is 0.715. The van der Waals surface area contributed by atoms with Gasteiger partial charge in [0.1, 0.15) is 0 Å². The maximum atomic E-state index is 12.6. The van der Waals surface area contributed by atoms with Gasteiger partial charge in [0.25, 0.3) is 0 Å². The molecule has 23 heavy (non-hydrogen) atoms. The molecule has 0 unspecified atom stereocenters. The van der Waals surface area contributed by atoms with Gasteiger partial charge in [0.2, 0.25) is 0 Å². The number of allylic oxidation sites excluding steroid dienone is 4. The van der Waals surface area contributed by atoms with Crippen molar-refractivity contribution in [2.75, 3.05) is 0 Å². The van der Waals surface area contributed by atoms with Crippen LogP contribution in [0.4, 0.5) is 0 Å². The fourth-order valence-corrected chi connectivity index (χ4v) is 2.96. The van der Waals surface area contributed by atoms with Crippen LogP contribution in [0.5, 0.6) is 0 Å². The van der Waals surface area contributed by atoms with Crippen molar-refractivity contribution in [1.29, 1.82) is 0 Å². The van der Waals surface area contributed by atoms with E-state index in [4.69, 9.17) is 0 Å². The van der Waals surface area contributed by atoms with Gasteiger partial charge in [-0.1, -0.05) is 56.2 Å². The lowest BCUT2D eigenvalue weighted by atomic mass is 9.83. The van der Waals surface area contributed by atoms with Gasteiger partial charge in [-0.15, -0.1) is 0 Å². The molecule has 0 atom stereocenters. The molecule has 0 saturated carbocycles. The number of benzene rings is 1. The van der Waals surface area contributed by atoms with E-state index < -0.39 is 0 Å². The Morgan fingerprint density at radius 3 is 2.30 bits per heavy atom. The first-order chi connectivity index (χ1) is 10.9. The molecule has 0 amide bonds. The van der Waals surface area contributed by atoms with E-state index >= 15 is 0 Å². The Balaban J connectivity index is 2.12. The minimum Gasteiger partial charge on any atom is -0.289 e. The first-order valence-corrected chi connectivity index (χ1v) is 8.45. The Kier molecular flexibility index (Phi) is 5.70. The van der Waals surface area contributed by atoms with Gasteiger partial charge in [-0.25, -0.2) is 0 Å². The molecule has 0 bridgehead atoms. The molecular formula is C21H26O2. The largest absolute Gasteiger partial charge is 0.289 e. The van der Waals surface area contributed by atoms with Crippen LogP contribution < -0.4 is 0 Å². The number of fused-ring (bicyclic) bond motifs is 1. The van der Waals surface area contributed by atoms with Crippen molar-refractivity contribution in [3.63, 3.8) is 0 Å². The first kappa shape index (κ1) is 17.4. The number of carbonyl (C=O) groups excluding carboxylic acids is 2. The summed E-state index contributed by atoms with van der Waals surface area (Å²) in [6, 6.07) is 7.11. The van der Waals surface area contributed by atoms with Crippen LogP contribution in [0.15, 0.2) is 47.1 Å². The summed E-state index contributed by atoms with van der Waals surface area (Å²) >= 11 is 0. The maximum absolute atomic E-state index is 12.6. The molecule has 2 heteroatoms. The van der Waals surface area contributed by atoms with Crippen LogP contribution in [0.25, 0.3) is 0 Å². The van der Waals surface area contributed by atoms with Crippen LogP contribution in [-0.4, -0.2) is 11.6 Å². The normalized spacial score (nSPS) is 15.4. The van der Waals surface area contributed by atoms with E-state index in [0.717, 1.165) is 12.3 Å². The predicted octanol–water partition coefficient (Wildman–Crippen LogP) is 5.54. The molecule has 0 radical (unpaired) electrons. The van der Waals surface area contributed by atoms with Crippen molar-refractivity contribution in [2.45, 2.75) is 53.4 Å². The summed E-state index contributed by atoms with van der Waals surface area (Å²) in [5, 5.41) is 0. The van der Waals surface area contributed by atoms with E-state index in [2.05, 4.69) is 26.8 Å². The predicted molar refractivity (Wildman–Crippen MR) is 94.9 cm³/mol. The molecule has 0 aliphatic heterocycles. The number of carbonyl (C=O) groups is 2. The van der Waals surface area contributed by atoms with Crippen molar-refractivity contribution < 1.29 is 9.59 Å².